The third kappa shape index (κ3) is 3.13. The molecule has 3 rings (SSSR count). The lowest BCUT2D eigenvalue weighted by Gasteiger charge is -2.10. The van der Waals surface area contributed by atoms with Gasteiger partial charge in [0.1, 0.15) is 11.9 Å². The van der Waals surface area contributed by atoms with E-state index in [4.69, 9.17) is 5.26 Å². The molecule has 0 bridgehead atoms. The summed E-state index contributed by atoms with van der Waals surface area (Å²) in [6, 6.07) is 16.5. The van der Waals surface area contributed by atoms with Crippen molar-refractivity contribution in [1.82, 2.24) is 9.97 Å². The third-order valence-electron chi connectivity index (χ3n) is 3.30. The summed E-state index contributed by atoms with van der Waals surface area (Å²) < 4.78 is 0. The van der Waals surface area contributed by atoms with Crippen LogP contribution in [0.25, 0.3) is 10.8 Å². The fourth-order valence-corrected chi connectivity index (χ4v) is 2.24. The number of nitrogens with one attached hydrogen (secondary N) is 2. The molecule has 0 unspecified atom stereocenters. The van der Waals surface area contributed by atoms with Crippen molar-refractivity contribution >= 4 is 22.3 Å². The Balaban J connectivity index is 1.57. The zero-order valence-corrected chi connectivity index (χ0v) is 12.0. The molecule has 2 aromatic carbocycles. The van der Waals surface area contributed by atoms with E-state index in [0.29, 0.717) is 18.1 Å². The van der Waals surface area contributed by atoms with Gasteiger partial charge in [0.05, 0.1) is 12.4 Å². The van der Waals surface area contributed by atoms with Gasteiger partial charge in [-0.1, -0.05) is 36.4 Å². The Morgan fingerprint density at radius 2 is 1.73 bits per heavy atom. The predicted octanol–water partition coefficient (Wildman–Crippen LogP) is 3.03. The molecule has 3 aromatic rings. The number of nitriles is 1. The van der Waals surface area contributed by atoms with E-state index < -0.39 is 0 Å². The molecule has 0 spiro atoms. The van der Waals surface area contributed by atoms with Crippen LogP contribution in [0.15, 0.2) is 54.9 Å². The van der Waals surface area contributed by atoms with Crippen LogP contribution in [0.2, 0.25) is 0 Å². The first-order valence-corrected chi connectivity index (χ1v) is 7.04. The van der Waals surface area contributed by atoms with Gasteiger partial charge in [-0.15, -0.1) is 0 Å². The molecule has 1 heterocycles. The summed E-state index contributed by atoms with van der Waals surface area (Å²) in [4.78, 5) is 8.09. The molecule has 0 aliphatic carbocycles. The second-order valence-electron chi connectivity index (χ2n) is 4.78. The minimum Gasteiger partial charge on any atom is -0.383 e. The van der Waals surface area contributed by atoms with Gasteiger partial charge >= 0.3 is 0 Å². The number of rotatable bonds is 5. The summed E-state index contributed by atoms with van der Waals surface area (Å²) in [6.45, 7) is 1.47. The van der Waals surface area contributed by atoms with Crippen molar-refractivity contribution in [2.45, 2.75) is 0 Å². The molecule has 0 fully saturated rings. The number of nitrogens with zero attached hydrogens (tertiary/aromatic N) is 3. The highest BCUT2D eigenvalue weighted by atomic mass is 15.0. The van der Waals surface area contributed by atoms with E-state index in [1.165, 1.54) is 17.0 Å². The maximum atomic E-state index is 8.67. The summed E-state index contributed by atoms with van der Waals surface area (Å²) >= 11 is 0. The Labute approximate surface area is 128 Å². The van der Waals surface area contributed by atoms with Crippen LogP contribution in [0.4, 0.5) is 11.5 Å². The molecule has 108 valence electrons. The number of fused-ring (bicyclic) bond motifs is 1. The van der Waals surface area contributed by atoms with Gasteiger partial charge < -0.3 is 10.6 Å². The zero-order valence-electron chi connectivity index (χ0n) is 12.0. The summed E-state index contributed by atoms with van der Waals surface area (Å²) in [7, 11) is 0. The Kier molecular flexibility index (Phi) is 4.12. The van der Waals surface area contributed by atoms with E-state index in [0.717, 1.165) is 12.2 Å². The number of hydrogen-bond donors (Lipinski definition) is 2. The van der Waals surface area contributed by atoms with Crippen molar-refractivity contribution < 1.29 is 0 Å². The van der Waals surface area contributed by atoms with Gasteiger partial charge in [-0.3, -0.25) is 0 Å². The minimum absolute atomic E-state index is 0.319. The lowest BCUT2D eigenvalue weighted by Crippen LogP contribution is -2.14. The molecule has 0 saturated heterocycles. The van der Waals surface area contributed by atoms with Crippen molar-refractivity contribution in [2.75, 3.05) is 23.7 Å². The van der Waals surface area contributed by atoms with Crippen LogP contribution in [-0.2, 0) is 0 Å². The van der Waals surface area contributed by atoms with Crippen LogP contribution in [0, 0.1) is 11.3 Å². The molecule has 5 heteroatoms. The van der Waals surface area contributed by atoms with Gasteiger partial charge in [0, 0.05) is 24.2 Å². The molecule has 1 aromatic heterocycles. The Morgan fingerprint density at radius 1 is 0.909 bits per heavy atom. The van der Waals surface area contributed by atoms with Crippen molar-refractivity contribution in [1.29, 1.82) is 5.26 Å². The lowest BCUT2D eigenvalue weighted by atomic mass is 10.1. The summed E-state index contributed by atoms with van der Waals surface area (Å²) in [5.41, 5.74) is 1.44. The van der Waals surface area contributed by atoms with E-state index in [-0.39, 0.29) is 0 Å². The average molecular weight is 289 g/mol. The van der Waals surface area contributed by atoms with Crippen molar-refractivity contribution in [3.63, 3.8) is 0 Å². The fraction of sp³-hybridized carbons (Fsp3) is 0.118. The molecule has 0 amide bonds. The average Bonchev–Trinajstić information content (AvgIpc) is 2.59. The van der Waals surface area contributed by atoms with Gasteiger partial charge in [0.15, 0.2) is 5.69 Å². The molecule has 22 heavy (non-hydrogen) atoms. The van der Waals surface area contributed by atoms with E-state index in [9.17, 15) is 0 Å². The summed E-state index contributed by atoms with van der Waals surface area (Å²) in [5.74, 6) is 0.665. The lowest BCUT2D eigenvalue weighted by molar-refractivity contribution is 1.05. The first-order valence-electron chi connectivity index (χ1n) is 7.04. The van der Waals surface area contributed by atoms with Crippen LogP contribution in [0.5, 0.6) is 0 Å². The largest absolute Gasteiger partial charge is 0.383 e. The topological polar surface area (TPSA) is 73.6 Å². The van der Waals surface area contributed by atoms with Gasteiger partial charge in [0.25, 0.3) is 0 Å². The molecule has 0 radical (unpaired) electrons. The van der Waals surface area contributed by atoms with Gasteiger partial charge in [-0.25, -0.2) is 9.97 Å². The van der Waals surface area contributed by atoms with Crippen molar-refractivity contribution in [2.24, 2.45) is 0 Å². The molecule has 2 N–H and O–H groups in total. The predicted molar refractivity (Wildman–Crippen MR) is 87.7 cm³/mol. The SMILES string of the molecule is N#Cc1cnc(NCCNc2cccc3ccccc23)cn1. The second kappa shape index (κ2) is 6.55. The Morgan fingerprint density at radius 3 is 2.55 bits per heavy atom. The molecular formula is C17H15N5. The maximum Gasteiger partial charge on any atom is 0.158 e. The van der Waals surface area contributed by atoms with Crippen molar-refractivity contribution in [3.8, 4) is 6.07 Å². The summed E-state index contributed by atoms with van der Waals surface area (Å²) in [5, 5.41) is 17.7. The maximum absolute atomic E-state index is 8.67. The Hall–Kier alpha value is -3.13. The minimum atomic E-state index is 0.319. The standard InChI is InChI=1S/C17H15N5/c18-10-14-11-22-17(12-21-14)20-9-8-19-16-7-3-5-13-4-1-2-6-15(13)16/h1-7,11-12,19H,8-9H2,(H,20,22). The molecular weight excluding hydrogens is 274 g/mol. The van der Waals surface area contributed by atoms with E-state index in [1.807, 2.05) is 24.3 Å². The van der Waals surface area contributed by atoms with E-state index in [1.54, 1.807) is 6.20 Å². The van der Waals surface area contributed by atoms with Crippen molar-refractivity contribution in [3.05, 3.63) is 60.6 Å². The van der Waals surface area contributed by atoms with Crippen LogP contribution < -0.4 is 10.6 Å². The van der Waals surface area contributed by atoms with E-state index in [2.05, 4.69) is 44.9 Å². The monoisotopic (exact) mass is 289 g/mol. The normalized spacial score (nSPS) is 10.1. The quantitative estimate of drug-likeness (QED) is 0.706. The number of anilines is 2. The highest BCUT2D eigenvalue weighted by molar-refractivity contribution is 5.93. The highest BCUT2D eigenvalue weighted by Gasteiger charge is 1.99. The number of benzene rings is 2. The van der Waals surface area contributed by atoms with Gasteiger partial charge in [0.2, 0.25) is 0 Å². The highest BCUT2D eigenvalue weighted by Crippen LogP contribution is 2.22. The zero-order chi connectivity index (χ0) is 15.2. The fourth-order valence-electron chi connectivity index (χ4n) is 2.24. The van der Waals surface area contributed by atoms with Crippen LogP contribution in [0.1, 0.15) is 5.69 Å². The molecule has 0 aliphatic heterocycles. The Bertz CT molecular complexity index is 800. The van der Waals surface area contributed by atoms with Gasteiger partial charge in [-0.2, -0.15) is 5.26 Å². The number of hydrogen-bond acceptors (Lipinski definition) is 5. The molecule has 0 saturated carbocycles. The van der Waals surface area contributed by atoms with Crippen LogP contribution in [-0.4, -0.2) is 23.1 Å². The smallest absolute Gasteiger partial charge is 0.158 e. The first kappa shape index (κ1) is 13.8. The number of aromatic nitrogens is 2. The molecule has 0 atom stereocenters. The van der Waals surface area contributed by atoms with E-state index >= 15 is 0 Å². The third-order valence-corrected chi connectivity index (χ3v) is 3.30. The molecule has 0 aliphatic rings. The van der Waals surface area contributed by atoms with Gasteiger partial charge in [-0.05, 0) is 11.5 Å². The molecule has 5 nitrogen and oxygen atoms in total. The summed E-state index contributed by atoms with van der Waals surface area (Å²) in [6.07, 6.45) is 3.02. The van der Waals surface area contributed by atoms with Crippen LogP contribution >= 0.6 is 0 Å². The first-order chi connectivity index (χ1) is 10.9. The van der Waals surface area contributed by atoms with Crippen LogP contribution in [0.3, 0.4) is 0 Å². The second-order valence-corrected chi connectivity index (χ2v) is 4.78.